The van der Waals surface area contributed by atoms with E-state index >= 15 is 0 Å². The van der Waals surface area contributed by atoms with Crippen LogP contribution in [-0.4, -0.2) is 38.5 Å². The van der Waals surface area contributed by atoms with Gasteiger partial charge >= 0.3 is 0 Å². The fourth-order valence-electron chi connectivity index (χ4n) is 2.68. The molecule has 1 saturated heterocycles. The SMILES string of the molecule is C=CCCCC(NCC)C1(OC)CCOCC1. The zero-order chi connectivity index (χ0) is 12.6. The smallest absolute Gasteiger partial charge is 0.0874 e. The highest BCUT2D eigenvalue weighted by atomic mass is 16.5. The molecule has 1 aliphatic heterocycles. The summed E-state index contributed by atoms with van der Waals surface area (Å²) in [5.41, 5.74) is -0.0323. The second-order valence-corrected chi connectivity index (χ2v) is 4.71. The van der Waals surface area contributed by atoms with Gasteiger partial charge in [0.2, 0.25) is 0 Å². The maximum atomic E-state index is 5.86. The number of methoxy groups -OCH3 is 1. The van der Waals surface area contributed by atoms with E-state index in [4.69, 9.17) is 9.47 Å². The quantitative estimate of drug-likeness (QED) is 0.523. The van der Waals surface area contributed by atoms with E-state index in [-0.39, 0.29) is 5.60 Å². The average molecular weight is 241 g/mol. The van der Waals surface area contributed by atoms with E-state index in [0.717, 1.165) is 45.4 Å². The summed E-state index contributed by atoms with van der Waals surface area (Å²) in [5.74, 6) is 0. The lowest BCUT2D eigenvalue weighted by atomic mass is 9.83. The molecule has 100 valence electrons. The summed E-state index contributed by atoms with van der Waals surface area (Å²) < 4.78 is 11.3. The van der Waals surface area contributed by atoms with Crippen molar-refractivity contribution in [2.24, 2.45) is 0 Å². The molecule has 0 aromatic heterocycles. The summed E-state index contributed by atoms with van der Waals surface area (Å²) in [6.07, 6.45) is 7.38. The Kier molecular flexibility index (Phi) is 6.78. The van der Waals surface area contributed by atoms with Crippen LogP contribution in [-0.2, 0) is 9.47 Å². The maximum Gasteiger partial charge on any atom is 0.0874 e. The van der Waals surface area contributed by atoms with Crippen LogP contribution in [0, 0.1) is 0 Å². The molecule has 0 amide bonds. The van der Waals surface area contributed by atoms with Gasteiger partial charge in [0.1, 0.15) is 0 Å². The van der Waals surface area contributed by atoms with Crippen molar-refractivity contribution in [3.63, 3.8) is 0 Å². The molecule has 1 unspecified atom stereocenters. The fourth-order valence-corrected chi connectivity index (χ4v) is 2.68. The Morgan fingerprint density at radius 1 is 1.47 bits per heavy atom. The van der Waals surface area contributed by atoms with E-state index in [0.29, 0.717) is 6.04 Å². The van der Waals surface area contributed by atoms with Crippen LogP contribution >= 0.6 is 0 Å². The van der Waals surface area contributed by atoms with Crippen molar-refractivity contribution in [2.45, 2.75) is 50.7 Å². The van der Waals surface area contributed by atoms with Gasteiger partial charge in [-0.05, 0) is 25.8 Å². The highest BCUT2D eigenvalue weighted by molar-refractivity contribution is 4.95. The molecule has 0 saturated carbocycles. The molecule has 0 spiro atoms. The molecule has 0 bridgehead atoms. The van der Waals surface area contributed by atoms with Crippen LogP contribution in [0.3, 0.4) is 0 Å². The molecule has 3 heteroatoms. The van der Waals surface area contributed by atoms with Gasteiger partial charge in [-0.15, -0.1) is 6.58 Å². The van der Waals surface area contributed by atoms with Crippen LogP contribution in [0.4, 0.5) is 0 Å². The molecular weight excluding hydrogens is 214 g/mol. The number of unbranched alkanes of at least 4 members (excludes halogenated alkanes) is 1. The summed E-state index contributed by atoms with van der Waals surface area (Å²) in [6, 6.07) is 0.432. The molecule has 17 heavy (non-hydrogen) atoms. The van der Waals surface area contributed by atoms with Gasteiger partial charge in [-0.2, -0.15) is 0 Å². The van der Waals surface area contributed by atoms with Crippen molar-refractivity contribution in [3.05, 3.63) is 12.7 Å². The first kappa shape index (κ1) is 14.7. The minimum absolute atomic E-state index is 0.0323. The predicted molar refractivity (Wildman–Crippen MR) is 71.3 cm³/mol. The Morgan fingerprint density at radius 2 is 2.18 bits per heavy atom. The van der Waals surface area contributed by atoms with E-state index in [1.807, 2.05) is 13.2 Å². The highest BCUT2D eigenvalue weighted by Gasteiger charge is 2.39. The average Bonchev–Trinajstić information content (AvgIpc) is 2.39. The van der Waals surface area contributed by atoms with Crippen LogP contribution in [0.15, 0.2) is 12.7 Å². The van der Waals surface area contributed by atoms with Crippen molar-refractivity contribution >= 4 is 0 Å². The third-order valence-electron chi connectivity index (χ3n) is 3.73. The Balaban J connectivity index is 2.59. The number of allylic oxidation sites excluding steroid dienone is 1. The van der Waals surface area contributed by atoms with E-state index in [1.165, 1.54) is 6.42 Å². The Hall–Kier alpha value is -0.380. The highest BCUT2D eigenvalue weighted by Crippen LogP contribution is 2.30. The van der Waals surface area contributed by atoms with Crippen molar-refractivity contribution in [1.82, 2.24) is 5.32 Å². The molecule has 0 radical (unpaired) electrons. The van der Waals surface area contributed by atoms with Crippen LogP contribution in [0.25, 0.3) is 0 Å². The van der Waals surface area contributed by atoms with Crippen LogP contribution < -0.4 is 5.32 Å². The van der Waals surface area contributed by atoms with Gasteiger partial charge in [0.15, 0.2) is 0 Å². The molecule has 0 aromatic carbocycles. The van der Waals surface area contributed by atoms with Gasteiger partial charge in [0.05, 0.1) is 5.60 Å². The van der Waals surface area contributed by atoms with Crippen molar-refractivity contribution in [1.29, 1.82) is 0 Å². The van der Waals surface area contributed by atoms with Gasteiger partial charge < -0.3 is 14.8 Å². The zero-order valence-corrected chi connectivity index (χ0v) is 11.3. The third kappa shape index (κ3) is 4.09. The monoisotopic (exact) mass is 241 g/mol. The molecule has 1 aliphatic rings. The Morgan fingerprint density at radius 3 is 2.71 bits per heavy atom. The second kappa shape index (κ2) is 7.85. The third-order valence-corrected chi connectivity index (χ3v) is 3.73. The van der Waals surface area contributed by atoms with E-state index in [2.05, 4.69) is 18.8 Å². The zero-order valence-electron chi connectivity index (χ0n) is 11.3. The molecule has 1 atom stereocenters. The van der Waals surface area contributed by atoms with Crippen molar-refractivity contribution < 1.29 is 9.47 Å². The fraction of sp³-hybridized carbons (Fsp3) is 0.857. The molecule has 1 rings (SSSR count). The molecule has 1 N–H and O–H groups in total. The Bertz CT molecular complexity index is 212. The summed E-state index contributed by atoms with van der Waals surface area (Å²) in [6.45, 7) is 8.56. The summed E-state index contributed by atoms with van der Waals surface area (Å²) >= 11 is 0. The van der Waals surface area contributed by atoms with Crippen LogP contribution in [0.1, 0.15) is 39.0 Å². The molecular formula is C14H27NO2. The first-order chi connectivity index (χ1) is 8.29. The number of hydrogen-bond acceptors (Lipinski definition) is 3. The van der Waals surface area contributed by atoms with E-state index in [9.17, 15) is 0 Å². The largest absolute Gasteiger partial charge is 0.381 e. The lowest BCUT2D eigenvalue weighted by Crippen LogP contribution is -2.55. The topological polar surface area (TPSA) is 30.5 Å². The van der Waals surface area contributed by atoms with Gasteiger partial charge in [0, 0.05) is 39.2 Å². The number of ether oxygens (including phenoxy) is 2. The van der Waals surface area contributed by atoms with E-state index in [1.54, 1.807) is 0 Å². The first-order valence-corrected chi connectivity index (χ1v) is 6.76. The normalized spacial score (nSPS) is 21.1. The molecule has 0 aliphatic carbocycles. The lowest BCUT2D eigenvalue weighted by molar-refractivity contribution is -0.111. The van der Waals surface area contributed by atoms with Crippen LogP contribution in [0.5, 0.6) is 0 Å². The predicted octanol–water partition coefficient (Wildman–Crippen LogP) is 2.52. The minimum Gasteiger partial charge on any atom is -0.381 e. The van der Waals surface area contributed by atoms with Gasteiger partial charge in [-0.25, -0.2) is 0 Å². The lowest BCUT2D eigenvalue weighted by Gasteiger charge is -2.42. The minimum atomic E-state index is -0.0323. The molecule has 1 heterocycles. The number of rotatable bonds is 8. The standard InChI is InChI=1S/C14H27NO2/c1-4-6-7-8-13(15-5-2)14(16-3)9-11-17-12-10-14/h4,13,15H,1,5-12H2,2-3H3. The summed E-state index contributed by atoms with van der Waals surface area (Å²) in [7, 11) is 1.84. The van der Waals surface area contributed by atoms with E-state index < -0.39 is 0 Å². The molecule has 0 aromatic rings. The van der Waals surface area contributed by atoms with Gasteiger partial charge in [0.25, 0.3) is 0 Å². The second-order valence-electron chi connectivity index (χ2n) is 4.71. The van der Waals surface area contributed by atoms with Crippen molar-refractivity contribution in [3.8, 4) is 0 Å². The maximum absolute atomic E-state index is 5.86. The van der Waals surface area contributed by atoms with Gasteiger partial charge in [-0.3, -0.25) is 0 Å². The van der Waals surface area contributed by atoms with Crippen LogP contribution in [0.2, 0.25) is 0 Å². The number of hydrogen-bond donors (Lipinski definition) is 1. The first-order valence-electron chi connectivity index (χ1n) is 6.76. The van der Waals surface area contributed by atoms with Gasteiger partial charge in [-0.1, -0.05) is 13.0 Å². The number of nitrogens with one attached hydrogen (secondary N) is 1. The summed E-state index contributed by atoms with van der Waals surface area (Å²) in [5, 5.41) is 3.59. The van der Waals surface area contributed by atoms with Crippen molar-refractivity contribution in [2.75, 3.05) is 26.9 Å². The Labute approximate surface area is 106 Å². The molecule has 1 fully saturated rings. The molecule has 3 nitrogen and oxygen atoms in total. The summed E-state index contributed by atoms with van der Waals surface area (Å²) in [4.78, 5) is 0. The number of likely N-dealkylation sites (N-methyl/N-ethyl adjacent to an activating group) is 1.